The van der Waals surface area contributed by atoms with E-state index in [4.69, 9.17) is 0 Å². The quantitative estimate of drug-likeness (QED) is 0.375. The SMILES string of the molecule is C=NC1CCCC1N(C)CN(C)F. The van der Waals surface area contributed by atoms with Gasteiger partial charge in [0.15, 0.2) is 0 Å². The van der Waals surface area contributed by atoms with Crippen molar-refractivity contribution in [2.24, 2.45) is 4.99 Å². The highest BCUT2D eigenvalue weighted by molar-refractivity contribution is 5.25. The van der Waals surface area contributed by atoms with E-state index in [1.807, 2.05) is 11.9 Å². The molecule has 76 valence electrons. The maximum Gasteiger partial charge on any atom is 0.0804 e. The van der Waals surface area contributed by atoms with Gasteiger partial charge in [0.05, 0.1) is 12.7 Å². The molecule has 4 heteroatoms. The summed E-state index contributed by atoms with van der Waals surface area (Å²) in [6.45, 7) is 3.91. The molecule has 0 spiro atoms. The molecule has 1 fully saturated rings. The molecule has 2 unspecified atom stereocenters. The second kappa shape index (κ2) is 4.67. The van der Waals surface area contributed by atoms with Gasteiger partial charge in [-0.1, -0.05) is 0 Å². The molecule has 0 amide bonds. The minimum Gasteiger partial charge on any atom is -0.296 e. The van der Waals surface area contributed by atoms with Crippen molar-refractivity contribution in [1.82, 2.24) is 10.0 Å². The molecule has 0 aromatic rings. The standard InChI is InChI=1S/C9H18FN3/c1-11-8-5-4-6-9(8)12(2)7-13(3)10/h8-9H,1,4-7H2,2-3H3. The van der Waals surface area contributed by atoms with Crippen LogP contribution >= 0.6 is 0 Å². The van der Waals surface area contributed by atoms with Crippen molar-refractivity contribution in [2.45, 2.75) is 31.3 Å². The number of halogens is 1. The molecule has 0 aromatic heterocycles. The largest absolute Gasteiger partial charge is 0.296 e. The monoisotopic (exact) mass is 187 g/mol. The number of likely N-dealkylation sites (N-methyl/N-ethyl adjacent to an activating group) is 1. The van der Waals surface area contributed by atoms with Gasteiger partial charge in [-0.2, -0.15) is 0 Å². The zero-order chi connectivity index (χ0) is 9.84. The first-order chi connectivity index (χ1) is 6.15. The minimum absolute atomic E-state index is 0.296. The smallest absolute Gasteiger partial charge is 0.0804 e. The molecule has 0 heterocycles. The van der Waals surface area contributed by atoms with E-state index in [0.29, 0.717) is 23.9 Å². The Balaban J connectivity index is 2.44. The molecule has 0 bridgehead atoms. The van der Waals surface area contributed by atoms with Crippen molar-refractivity contribution in [3.63, 3.8) is 0 Å². The molecule has 1 aliphatic carbocycles. The Labute approximate surface area is 79.2 Å². The lowest BCUT2D eigenvalue weighted by Gasteiger charge is -2.28. The van der Waals surface area contributed by atoms with Gasteiger partial charge in [0.2, 0.25) is 0 Å². The first kappa shape index (κ1) is 10.6. The molecule has 0 radical (unpaired) electrons. The first-order valence-corrected chi connectivity index (χ1v) is 4.68. The van der Waals surface area contributed by atoms with Crippen molar-refractivity contribution in [1.29, 1.82) is 0 Å². The maximum atomic E-state index is 12.6. The van der Waals surface area contributed by atoms with E-state index in [0.717, 1.165) is 12.8 Å². The summed E-state index contributed by atoms with van der Waals surface area (Å²) in [5.41, 5.74) is 0. The van der Waals surface area contributed by atoms with Crippen LogP contribution in [0, 0.1) is 0 Å². The maximum absolute atomic E-state index is 12.6. The summed E-state index contributed by atoms with van der Waals surface area (Å²) in [5.74, 6) is 0. The van der Waals surface area contributed by atoms with Crippen molar-refractivity contribution >= 4 is 6.72 Å². The molecule has 1 saturated carbocycles. The molecule has 1 aliphatic rings. The Hall–Kier alpha value is -0.480. The molecule has 13 heavy (non-hydrogen) atoms. The van der Waals surface area contributed by atoms with Crippen LogP contribution in [0.1, 0.15) is 19.3 Å². The van der Waals surface area contributed by atoms with Crippen LogP contribution < -0.4 is 0 Å². The van der Waals surface area contributed by atoms with E-state index in [1.54, 1.807) is 0 Å². The van der Waals surface area contributed by atoms with Crippen LogP contribution in [0.3, 0.4) is 0 Å². The Morgan fingerprint density at radius 1 is 1.46 bits per heavy atom. The number of rotatable bonds is 4. The van der Waals surface area contributed by atoms with Crippen LogP contribution in [0.2, 0.25) is 0 Å². The zero-order valence-electron chi connectivity index (χ0n) is 8.41. The minimum atomic E-state index is 0.296. The molecular weight excluding hydrogens is 169 g/mol. The van der Waals surface area contributed by atoms with E-state index in [2.05, 4.69) is 11.7 Å². The third kappa shape index (κ3) is 2.74. The molecule has 0 aliphatic heterocycles. The van der Waals surface area contributed by atoms with E-state index in [1.165, 1.54) is 13.5 Å². The molecule has 0 saturated heterocycles. The fourth-order valence-electron chi connectivity index (χ4n) is 2.06. The third-order valence-electron chi connectivity index (χ3n) is 2.66. The average Bonchev–Trinajstić information content (AvgIpc) is 2.49. The van der Waals surface area contributed by atoms with Crippen molar-refractivity contribution in [2.75, 3.05) is 20.8 Å². The Morgan fingerprint density at radius 3 is 2.69 bits per heavy atom. The van der Waals surface area contributed by atoms with Crippen LogP contribution in [0.25, 0.3) is 0 Å². The lowest BCUT2D eigenvalue weighted by molar-refractivity contribution is -0.00880. The number of hydrogen-bond acceptors (Lipinski definition) is 3. The van der Waals surface area contributed by atoms with E-state index < -0.39 is 0 Å². The molecule has 1 rings (SSSR count). The van der Waals surface area contributed by atoms with Crippen LogP contribution in [0.4, 0.5) is 4.48 Å². The Morgan fingerprint density at radius 2 is 2.15 bits per heavy atom. The fourth-order valence-corrected chi connectivity index (χ4v) is 2.06. The summed E-state index contributed by atoms with van der Waals surface area (Å²) in [7, 11) is 3.37. The normalized spacial score (nSPS) is 28.7. The van der Waals surface area contributed by atoms with Crippen LogP contribution in [0.5, 0.6) is 0 Å². The summed E-state index contributed by atoms with van der Waals surface area (Å²) >= 11 is 0. The van der Waals surface area contributed by atoms with Crippen molar-refractivity contribution in [3.05, 3.63) is 0 Å². The van der Waals surface area contributed by atoms with Crippen LogP contribution in [0.15, 0.2) is 4.99 Å². The van der Waals surface area contributed by atoms with Gasteiger partial charge in [0, 0.05) is 13.1 Å². The van der Waals surface area contributed by atoms with Gasteiger partial charge >= 0.3 is 0 Å². The van der Waals surface area contributed by atoms with Gasteiger partial charge in [0.25, 0.3) is 0 Å². The first-order valence-electron chi connectivity index (χ1n) is 4.68. The Kier molecular flexibility index (Phi) is 3.81. The fraction of sp³-hybridized carbons (Fsp3) is 0.889. The lowest BCUT2D eigenvalue weighted by atomic mass is 10.1. The molecule has 3 nitrogen and oxygen atoms in total. The summed E-state index contributed by atoms with van der Waals surface area (Å²) < 4.78 is 12.6. The van der Waals surface area contributed by atoms with Crippen molar-refractivity contribution in [3.8, 4) is 0 Å². The Bertz CT molecular complexity index is 172. The van der Waals surface area contributed by atoms with Gasteiger partial charge in [-0.25, -0.2) is 0 Å². The molecule has 0 N–H and O–H groups in total. The van der Waals surface area contributed by atoms with Gasteiger partial charge in [-0.3, -0.25) is 9.89 Å². The van der Waals surface area contributed by atoms with Gasteiger partial charge in [0.1, 0.15) is 0 Å². The van der Waals surface area contributed by atoms with E-state index >= 15 is 0 Å². The topological polar surface area (TPSA) is 18.8 Å². The summed E-state index contributed by atoms with van der Waals surface area (Å²) in [5, 5.41) is 0.693. The third-order valence-corrected chi connectivity index (χ3v) is 2.66. The lowest BCUT2D eigenvalue weighted by Crippen LogP contribution is -2.40. The highest BCUT2D eigenvalue weighted by Crippen LogP contribution is 2.25. The number of nitrogens with zero attached hydrogens (tertiary/aromatic N) is 3. The second-order valence-corrected chi connectivity index (χ2v) is 3.75. The van der Waals surface area contributed by atoms with Crippen molar-refractivity contribution < 1.29 is 4.48 Å². The van der Waals surface area contributed by atoms with E-state index in [-0.39, 0.29) is 0 Å². The van der Waals surface area contributed by atoms with Gasteiger partial charge < -0.3 is 0 Å². The predicted octanol–water partition coefficient (Wildman–Crippen LogP) is 1.31. The van der Waals surface area contributed by atoms with Crippen LogP contribution in [-0.4, -0.2) is 49.6 Å². The number of aliphatic imine (C=N–C) groups is 1. The highest BCUT2D eigenvalue weighted by Gasteiger charge is 2.29. The molecule has 2 atom stereocenters. The average molecular weight is 187 g/mol. The van der Waals surface area contributed by atoms with Gasteiger partial charge in [-0.05, 0) is 33.0 Å². The predicted molar refractivity (Wildman–Crippen MR) is 52.5 cm³/mol. The number of hydrogen-bond donors (Lipinski definition) is 0. The van der Waals surface area contributed by atoms with Gasteiger partial charge in [-0.15, -0.1) is 9.60 Å². The summed E-state index contributed by atoms with van der Waals surface area (Å²) in [6, 6.07) is 0.667. The van der Waals surface area contributed by atoms with E-state index in [9.17, 15) is 4.48 Å². The molecular formula is C9H18FN3. The summed E-state index contributed by atoms with van der Waals surface area (Å²) in [4.78, 5) is 6.07. The van der Waals surface area contributed by atoms with Crippen LogP contribution in [-0.2, 0) is 0 Å². The molecule has 0 aromatic carbocycles. The zero-order valence-corrected chi connectivity index (χ0v) is 8.41. The highest BCUT2D eigenvalue weighted by atomic mass is 19.2. The second-order valence-electron chi connectivity index (χ2n) is 3.75. The summed E-state index contributed by atoms with van der Waals surface area (Å²) in [6.07, 6.45) is 3.37.